The highest BCUT2D eigenvalue weighted by molar-refractivity contribution is 9.10. The summed E-state index contributed by atoms with van der Waals surface area (Å²) in [7, 11) is 0. The minimum absolute atomic E-state index is 0.0740. The molecular formula is C12H8BrF2NO. The van der Waals surface area contributed by atoms with Crippen LogP contribution in [0.15, 0.2) is 16.6 Å². The summed E-state index contributed by atoms with van der Waals surface area (Å²) >= 11 is 3.01. The minimum Gasteiger partial charge on any atom is -0.310 e. The van der Waals surface area contributed by atoms with E-state index in [9.17, 15) is 13.6 Å². The van der Waals surface area contributed by atoms with Gasteiger partial charge in [-0.1, -0.05) is 0 Å². The van der Waals surface area contributed by atoms with Crippen molar-refractivity contribution in [2.24, 2.45) is 5.92 Å². The first-order valence-electron chi connectivity index (χ1n) is 4.94. The lowest BCUT2D eigenvalue weighted by molar-refractivity contribution is -0.117. The van der Waals surface area contributed by atoms with E-state index < -0.39 is 11.6 Å². The number of hydrogen-bond donors (Lipinski definition) is 0. The molecule has 2 rings (SSSR count). The zero-order valence-corrected chi connectivity index (χ0v) is 10.3. The van der Waals surface area contributed by atoms with Crippen LogP contribution < -0.4 is 4.90 Å². The maximum Gasteiger partial charge on any atom is 0.228 e. The van der Waals surface area contributed by atoms with Crippen LogP contribution in [0.3, 0.4) is 0 Å². The molecule has 1 saturated heterocycles. The Kier molecular flexibility index (Phi) is 3.16. The highest BCUT2D eigenvalue weighted by atomic mass is 79.9. The van der Waals surface area contributed by atoms with Gasteiger partial charge in [0, 0.05) is 24.9 Å². The van der Waals surface area contributed by atoms with Gasteiger partial charge >= 0.3 is 0 Å². The third-order valence-electron chi connectivity index (χ3n) is 2.63. The Hall–Kier alpha value is -1.41. The topological polar surface area (TPSA) is 20.3 Å². The molecule has 0 N–H and O–H groups in total. The molecule has 1 unspecified atom stereocenters. The van der Waals surface area contributed by atoms with Crippen molar-refractivity contribution in [2.75, 3.05) is 11.4 Å². The highest BCUT2D eigenvalue weighted by Gasteiger charge is 2.31. The molecule has 1 aliphatic heterocycles. The molecule has 0 spiro atoms. The van der Waals surface area contributed by atoms with Crippen LogP contribution in [0.1, 0.15) is 6.42 Å². The second-order valence-corrected chi connectivity index (χ2v) is 4.59. The van der Waals surface area contributed by atoms with Crippen LogP contribution in [0, 0.1) is 29.9 Å². The van der Waals surface area contributed by atoms with E-state index in [-0.39, 0.29) is 35.0 Å². The Bertz CT molecular complexity index is 524. The molecule has 0 aromatic heterocycles. The van der Waals surface area contributed by atoms with Crippen molar-refractivity contribution < 1.29 is 13.6 Å². The van der Waals surface area contributed by atoms with Crippen molar-refractivity contribution in [2.45, 2.75) is 6.42 Å². The molecule has 1 aliphatic rings. The van der Waals surface area contributed by atoms with E-state index in [0.717, 1.165) is 12.1 Å². The van der Waals surface area contributed by atoms with Gasteiger partial charge in [-0.15, -0.1) is 12.3 Å². The molecule has 0 bridgehead atoms. The second kappa shape index (κ2) is 4.46. The van der Waals surface area contributed by atoms with Crippen LogP contribution in [0.2, 0.25) is 0 Å². The quantitative estimate of drug-likeness (QED) is 0.577. The van der Waals surface area contributed by atoms with Gasteiger partial charge in [0.25, 0.3) is 0 Å². The molecule has 1 amide bonds. The molecular weight excluding hydrogens is 292 g/mol. The zero-order chi connectivity index (χ0) is 12.6. The molecule has 1 aromatic rings. The summed E-state index contributed by atoms with van der Waals surface area (Å²) in [4.78, 5) is 13.0. The minimum atomic E-state index is -0.739. The van der Waals surface area contributed by atoms with Gasteiger partial charge in [-0.3, -0.25) is 4.79 Å². The smallest absolute Gasteiger partial charge is 0.228 e. The number of halogens is 3. The van der Waals surface area contributed by atoms with Gasteiger partial charge in [-0.25, -0.2) is 8.78 Å². The fourth-order valence-corrected chi connectivity index (χ4v) is 2.23. The van der Waals surface area contributed by atoms with E-state index in [1.807, 2.05) is 0 Å². The second-order valence-electron chi connectivity index (χ2n) is 3.79. The standard InChI is InChI=1S/C12H8BrF2NO/c1-2-7-3-11(17)16(6-7)10-5-8(14)4-9(15)12(10)13/h1,4-5,7H,3,6H2. The summed E-state index contributed by atoms with van der Waals surface area (Å²) in [5.41, 5.74) is 0.185. The molecule has 0 aliphatic carbocycles. The molecule has 5 heteroatoms. The van der Waals surface area contributed by atoms with Crippen LogP contribution in [0.25, 0.3) is 0 Å². The van der Waals surface area contributed by atoms with E-state index in [2.05, 4.69) is 21.9 Å². The predicted molar refractivity (Wildman–Crippen MR) is 63.4 cm³/mol. The molecule has 0 saturated carbocycles. The number of amides is 1. The Morgan fingerprint density at radius 3 is 2.76 bits per heavy atom. The Morgan fingerprint density at radius 1 is 1.47 bits per heavy atom. The van der Waals surface area contributed by atoms with Gasteiger partial charge in [0.1, 0.15) is 11.6 Å². The van der Waals surface area contributed by atoms with Gasteiger partial charge in [0.2, 0.25) is 5.91 Å². The molecule has 1 fully saturated rings. The number of anilines is 1. The van der Waals surface area contributed by atoms with Crippen LogP contribution >= 0.6 is 15.9 Å². The maximum atomic E-state index is 13.3. The van der Waals surface area contributed by atoms with Gasteiger partial charge in [0.15, 0.2) is 0 Å². The number of nitrogens with zero attached hydrogens (tertiary/aromatic N) is 1. The van der Waals surface area contributed by atoms with Crippen molar-refractivity contribution in [3.05, 3.63) is 28.2 Å². The molecule has 2 nitrogen and oxygen atoms in total. The first kappa shape index (κ1) is 12.1. The molecule has 1 atom stereocenters. The van der Waals surface area contributed by atoms with E-state index >= 15 is 0 Å². The summed E-state index contributed by atoms with van der Waals surface area (Å²) in [6.07, 6.45) is 5.45. The van der Waals surface area contributed by atoms with E-state index in [4.69, 9.17) is 6.42 Å². The fraction of sp³-hybridized carbons (Fsp3) is 0.250. The largest absolute Gasteiger partial charge is 0.310 e. The summed E-state index contributed by atoms with van der Waals surface area (Å²) in [5, 5.41) is 0. The number of carbonyl (C=O) groups excluding carboxylic acids is 1. The van der Waals surface area contributed by atoms with Crippen molar-refractivity contribution in [3.63, 3.8) is 0 Å². The maximum absolute atomic E-state index is 13.3. The van der Waals surface area contributed by atoms with E-state index in [0.29, 0.717) is 0 Å². The van der Waals surface area contributed by atoms with Crippen LogP contribution in [0.4, 0.5) is 14.5 Å². The third-order valence-corrected chi connectivity index (χ3v) is 3.41. The molecule has 17 heavy (non-hydrogen) atoms. The average molecular weight is 300 g/mol. The van der Waals surface area contributed by atoms with Crippen LogP contribution in [-0.2, 0) is 4.79 Å². The zero-order valence-electron chi connectivity index (χ0n) is 8.71. The molecule has 0 radical (unpaired) electrons. The van der Waals surface area contributed by atoms with Gasteiger partial charge in [-0.05, 0) is 22.0 Å². The number of benzene rings is 1. The van der Waals surface area contributed by atoms with Gasteiger partial charge < -0.3 is 4.90 Å². The summed E-state index contributed by atoms with van der Waals surface area (Å²) in [6.45, 7) is 0.289. The van der Waals surface area contributed by atoms with E-state index in [1.54, 1.807) is 0 Å². The Morgan fingerprint density at radius 2 is 2.18 bits per heavy atom. The fourth-order valence-electron chi connectivity index (χ4n) is 1.79. The number of hydrogen-bond acceptors (Lipinski definition) is 1. The lowest BCUT2D eigenvalue weighted by Gasteiger charge is -2.18. The highest BCUT2D eigenvalue weighted by Crippen LogP contribution is 2.33. The van der Waals surface area contributed by atoms with Crippen molar-refractivity contribution in [1.29, 1.82) is 0 Å². The summed E-state index contributed by atoms with van der Waals surface area (Å²) < 4.78 is 26.5. The van der Waals surface area contributed by atoms with Gasteiger partial charge in [-0.2, -0.15) is 0 Å². The summed E-state index contributed by atoms with van der Waals surface area (Å²) in [6, 6.07) is 1.87. The number of carbonyl (C=O) groups is 1. The van der Waals surface area contributed by atoms with Gasteiger partial charge in [0.05, 0.1) is 10.2 Å². The van der Waals surface area contributed by atoms with Crippen LogP contribution in [-0.4, -0.2) is 12.5 Å². The Labute approximate surface area is 106 Å². The monoisotopic (exact) mass is 299 g/mol. The predicted octanol–water partition coefficient (Wildman–Crippen LogP) is 2.71. The molecule has 88 valence electrons. The van der Waals surface area contributed by atoms with Crippen LogP contribution in [0.5, 0.6) is 0 Å². The van der Waals surface area contributed by atoms with Crippen molar-refractivity contribution in [3.8, 4) is 12.3 Å². The summed E-state index contributed by atoms with van der Waals surface area (Å²) in [5.74, 6) is 0.583. The molecule has 1 heterocycles. The van der Waals surface area contributed by atoms with E-state index in [1.165, 1.54) is 4.90 Å². The van der Waals surface area contributed by atoms with Crippen molar-refractivity contribution >= 4 is 27.5 Å². The molecule has 1 aromatic carbocycles. The van der Waals surface area contributed by atoms with Crippen molar-refractivity contribution in [1.82, 2.24) is 0 Å². The Balaban J connectivity index is 2.42. The lowest BCUT2D eigenvalue weighted by atomic mass is 10.1. The number of rotatable bonds is 1. The first-order chi connectivity index (χ1) is 8.02. The normalized spacial score (nSPS) is 19.5. The first-order valence-corrected chi connectivity index (χ1v) is 5.73. The number of terminal acetylenes is 1. The SMILES string of the molecule is C#CC1CC(=O)N(c2cc(F)cc(F)c2Br)C1. The third kappa shape index (κ3) is 2.18. The average Bonchev–Trinajstić information content (AvgIpc) is 2.65. The lowest BCUT2D eigenvalue weighted by Crippen LogP contribution is -2.25.